The minimum absolute atomic E-state index is 0.240. The van der Waals surface area contributed by atoms with Crippen LogP contribution >= 0.6 is 11.6 Å². The molecule has 0 unspecified atom stereocenters. The quantitative estimate of drug-likeness (QED) is 0.817. The third-order valence-electron chi connectivity index (χ3n) is 4.93. The minimum atomic E-state index is 0.240. The van der Waals surface area contributed by atoms with Crippen LogP contribution < -0.4 is 0 Å². The fourth-order valence-electron chi connectivity index (χ4n) is 3.28. The number of carbonyl (C=O) groups is 1. The summed E-state index contributed by atoms with van der Waals surface area (Å²) in [6.45, 7) is 6.61. The maximum Gasteiger partial charge on any atom is 0.227 e. The van der Waals surface area contributed by atoms with E-state index in [-0.39, 0.29) is 5.91 Å². The number of hydrogen-bond acceptors (Lipinski definition) is 2. The number of aryl methyl sites for hydroxylation is 1. The van der Waals surface area contributed by atoms with E-state index in [1.54, 1.807) is 0 Å². The first kappa shape index (κ1) is 18.0. The van der Waals surface area contributed by atoms with Crippen molar-refractivity contribution in [1.82, 2.24) is 9.80 Å². The zero-order valence-corrected chi connectivity index (χ0v) is 15.5. The van der Waals surface area contributed by atoms with E-state index in [2.05, 4.69) is 30.0 Å². The predicted octanol–water partition coefficient (Wildman–Crippen LogP) is 3.58. The lowest BCUT2D eigenvalue weighted by atomic mass is 10.1. The minimum Gasteiger partial charge on any atom is -0.340 e. The fourth-order valence-corrected chi connectivity index (χ4v) is 3.50. The van der Waals surface area contributed by atoms with E-state index in [0.29, 0.717) is 6.42 Å². The van der Waals surface area contributed by atoms with Gasteiger partial charge in [-0.2, -0.15) is 0 Å². The van der Waals surface area contributed by atoms with Crippen molar-refractivity contribution in [1.29, 1.82) is 0 Å². The molecule has 2 aromatic carbocycles. The topological polar surface area (TPSA) is 23.6 Å². The van der Waals surface area contributed by atoms with E-state index in [4.69, 9.17) is 11.6 Å². The summed E-state index contributed by atoms with van der Waals surface area (Å²) in [5.41, 5.74) is 3.59. The van der Waals surface area contributed by atoms with Crippen LogP contribution in [-0.2, 0) is 17.6 Å². The van der Waals surface area contributed by atoms with Crippen LogP contribution in [0.3, 0.4) is 0 Å². The van der Waals surface area contributed by atoms with E-state index < -0.39 is 0 Å². The highest BCUT2D eigenvalue weighted by Crippen LogP contribution is 2.13. The Morgan fingerprint density at radius 1 is 1.04 bits per heavy atom. The van der Waals surface area contributed by atoms with Crippen LogP contribution in [0.15, 0.2) is 48.5 Å². The molecule has 1 aliphatic rings. The number of rotatable bonds is 5. The molecule has 1 fully saturated rings. The highest BCUT2D eigenvalue weighted by molar-refractivity contribution is 6.30. The molecule has 0 N–H and O–H groups in total. The smallest absolute Gasteiger partial charge is 0.227 e. The number of amides is 1. The Kier molecular flexibility index (Phi) is 6.11. The van der Waals surface area contributed by atoms with Gasteiger partial charge in [-0.05, 0) is 42.2 Å². The Morgan fingerprint density at radius 2 is 1.80 bits per heavy atom. The van der Waals surface area contributed by atoms with Gasteiger partial charge in [-0.3, -0.25) is 9.69 Å². The van der Waals surface area contributed by atoms with E-state index in [9.17, 15) is 4.79 Å². The van der Waals surface area contributed by atoms with Crippen molar-refractivity contribution in [3.05, 3.63) is 70.2 Å². The average molecular weight is 357 g/mol. The monoisotopic (exact) mass is 356 g/mol. The second-order valence-electron chi connectivity index (χ2n) is 6.71. The van der Waals surface area contributed by atoms with Crippen molar-refractivity contribution in [3.63, 3.8) is 0 Å². The second kappa shape index (κ2) is 8.50. The summed E-state index contributed by atoms with van der Waals surface area (Å²) >= 11 is 6.04. The number of carbonyl (C=O) groups excluding carboxylic acids is 1. The van der Waals surface area contributed by atoms with Crippen molar-refractivity contribution >= 4 is 17.5 Å². The van der Waals surface area contributed by atoms with Crippen molar-refractivity contribution in [2.24, 2.45) is 0 Å². The molecule has 0 bridgehead atoms. The van der Waals surface area contributed by atoms with Crippen LogP contribution in [0, 0.1) is 6.92 Å². The molecule has 3 nitrogen and oxygen atoms in total. The van der Waals surface area contributed by atoms with Gasteiger partial charge in [0, 0.05) is 37.7 Å². The molecular weight excluding hydrogens is 332 g/mol. The van der Waals surface area contributed by atoms with Gasteiger partial charge in [0.15, 0.2) is 0 Å². The maximum absolute atomic E-state index is 12.5. The Morgan fingerprint density at radius 3 is 2.52 bits per heavy atom. The van der Waals surface area contributed by atoms with Crippen LogP contribution in [0.4, 0.5) is 0 Å². The number of hydrogen-bond donors (Lipinski definition) is 0. The van der Waals surface area contributed by atoms with E-state index in [1.165, 1.54) is 11.1 Å². The van der Waals surface area contributed by atoms with Gasteiger partial charge in [0.05, 0.1) is 6.42 Å². The zero-order chi connectivity index (χ0) is 17.6. The van der Waals surface area contributed by atoms with E-state index in [1.807, 2.05) is 35.2 Å². The molecule has 0 atom stereocenters. The molecular formula is C21H25ClN2O. The molecule has 0 spiro atoms. The number of benzene rings is 2. The van der Waals surface area contributed by atoms with Crippen LogP contribution in [-0.4, -0.2) is 48.4 Å². The van der Waals surface area contributed by atoms with Gasteiger partial charge in [0.25, 0.3) is 0 Å². The average Bonchev–Trinajstić information content (AvgIpc) is 2.62. The van der Waals surface area contributed by atoms with Crippen LogP contribution in [0.5, 0.6) is 0 Å². The van der Waals surface area contributed by atoms with Gasteiger partial charge in [-0.25, -0.2) is 0 Å². The van der Waals surface area contributed by atoms with Crippen LogP contribution in [0.25, 0.3) is 0 Å². The summed E-state index contributed by atoms with van der Waals surface area (Å²) in [5.74, 6) is 0.240. The largest absolute Gasteiger partial charge is 0.340 e. The van der Waals surface area contributed by atoms with Crippen molar-refractivity contribution in [2.75, 3.05) is 32.7 Å². The Labute approximate surface area is 155 Å². The van der Waals surface area contributed by atoms with Gasteiger partial charge in [0.1, 0.15) is 0 Å². The molecule has 132 valence electrons. The van der Waals surface area contributed by atoms with E-state index in [0.717, 1.165) is 49.7 Å². The third kappa shape index (κ3) is 5.07. The lowest BCUT2D eigenvalue weighted by Crippen LogP contribution is -2.49. The standard InChI is InChI=1S/C21H25ClN2O/c1-17-5-2-3-7-19(17)16-21(25)24-13-11-23(12-14-24)10-9-18-6-4-8-20(22)15-18/h2-8,15H,9-14,16H2,1H3. The van der Waals surface area contributed by atoms with Crippen molar-refractivity contribution in [3.8, 4) is 0 Å². The lowest BCUT2D eigenvalue weighted by Gasteiger charge is -2.35. The van der Waals surface area contributed by atoms with Gasteiger partial charge in [0.2, 0.25) is 5.91 Å². The molecule has 0 aromatic heterocycles. The highest BCUT2D eigenvalue weighted by atomic mass is 35.5. The summed E-state index contributed by atoms with van der Waals surface area (Å²) in [4.78, 5) is 17.0. The van der Waals surface area contributed by atoms with E-state index >= 15 is 0 Å². The molecule has 1 saturated heterocycles. The molecule has 25 heavy (non-hydrogen) atoms. The molecule has 0 saturated carbocycles. The van der Waals surface area contributed by atoms with Crippen molar-refractivity contribution < 1.29 is 4.79 Å². The first-order valence-corrected chi connectivity index (χ1v) is 9.29. The molecule has 2 aromatic rings. The normalized spacial score (nSPS) is 15.4. The number of piperazine rings is 1. The molecule has 3 rings (SSSR count). The summed E-state index contributed by atoms with van der Waals surface area (Å²) in [7, 11) is 0. The molecule has 1 amide bonds. The summed E-state index contributed by atoms with van der Waals surface area (Å²) < 4.78 is 0. The Bertz CT molecular complexity index is 723. The van der Waals surface area contributed by atoms with Crippen LogP contribution in [0.1, 0.15) is 16.7 Å². The second-order valence-corrected chi connectivity index (χ2v) is 7.14. The highest BCUT2D eigenvalue weighted by Gasteiger charge is 2.21. The van der Waals surface area contributed by atoms with Gasteiger partial charge in [-0.1, -0.05) is 48.0 Å². The van der Waals surface area contributed by atoms with Crippen LogP contribution in [0.2, 0.25) is 5.02 Å². The first-order chi connectivity index (χ1) is 12.1. The van der Waals surface area contributed by atoms with Gasteiger partial charge >= 0.3 is 0 Å². The number of halogens is 1. The summed E-state index contributed by atoms with van der Waals surface area (Å²) in [6.07, 6.45) is 1.51. The summed E-state index contributed by atoms with van der Waals surface area (Å²) in [6, 6.07) is 16.2. The SMILES string of the molecule is Cc1ccccc1CC(=O)N1CCN(CCc2cccc(Cl)c2)CC1. The van der Waals surface area contributed by atoms with Crippen molar-refractivity contribution in [2.45, 2.75) is 19.8 Å². The Hall–Kier alpha value is -1.84. The summed E-state index contributed by atoms with van der Waals surface area (Å²) in [5, 5.41) is 0.795. The maximum atomic E-state index is 12.5. The molecule has 0 aliphatic carbocycles. The fraction of sp³-hybridized carbons (Fsp3) is 0.381. The lowest BCUT2D eigenvalue weighted by molar-refractivity contribution is -0.132. The Balaban J connectivity index is 1.45. The zero-order valence-electron chi connectivity index (χ0n) is 14.7. The van der Waals surface area contributed by atoms with Gasteiger partial charge < -0.3 is 4.90 Å². The molecule has 1 aliphatic heterocycles. The van der Waals surface area contributed by atoms with Gasteiger partial charge in [-0.15, -0.1) is 0 Å². The predicted molar refractivity (Wildman–Crippen MR) is 103 cm³/mol. The third-order valence-corrected chi connectivity index (χ3v) is 5.17. The molecule has 4 heteroatoms. The molecule has 1 heterocycles. The number of nitrogens with zero attached hydrogens (tertiary/aromatic N) is 2. The first-order valence-electron chi connectivity index (χ1n) is 8.91. The molecule has 0 radical (unpaired) electrons.